The van der Waals surface area contributed by atoms with Gasteiger partial charge in [-0.1, -0.05) is 30.0 Å². The molecule has 1 amide bonds. The van der Waals surface area contributed by atoms with Crippen molar-refractivity contribution in [1.29, 1.82) is 0 Å². The van der Waals surface area contributed by atoms with Crippen molar-refractivity contribution in [3.8, 4) is 0 Å². The van der Waals surface area contributed by atoms with Gasteiger partial charge in [0.1, 0.15) is 11.2 Å². The van der Waals surface area contributed by atoms with Crippen LogP contribution in [0.3, 0.4) is 0 Å². The number of hydrogen-bond donors (Lipinski definition) is 2. The summed E-state index contributed by atoms with van der Waals surface area (Å²) in [5.74, 6) is -0.476. The molecule has 0 aliphatic carbocycles. The molecule has 1 aromatic carbocycles. The molecule has 5 heteroatoms. The normalized spacial score (nSPS) is 10.7. The van der Waals surface area contributed by atoms with Gasteiger partial charge in [0.25, 0.3) is 5.91 Å². The third kappa shape index (κ3) is 2.20. The standard InChI is InChI=1S/C14H11N3OS/c15-14(18)12-13(19-9-5-2-1-3-6-9)11-10(17-12)7-4-8-16-11/h1-8,17H,(H2,15,18). The summed E-state index contributed by atoms with van der Waals surface area (Å²) < 4.78 is 0. The number of H-pyrrole nitrogens is 1. The lowest BCUT2D eigenvalue weighted by molar-refractivity contribution is 0.0993. The minimum atomic E-state index is -0.476. The molecule has 3 rings (SSSR count). The second kappa shape index (κ2) is 4.78. The van der Waals surface area contributed by atoms with Crippen molar-refractivity contribution in [2.24, 2.45) is 5.73 Å². The van der Waals surface area contributed by atoms with E-state index in [0.717, 1.165) is 20.8 Å². The molecule has 0 atom stereocenters. The Morgan fingerprint density at radius 3 is 2.68 bits per heavy atom. The number of pyridine rings is 1. The van der Waals surface area contributed by atoms with Crippen molar-refractivity contribution in [3.05, 3.63) is 54.4 Å². The summed E-state index contributed by atoms with van der Waals surface area (Å²) in [6, 6.07) is 13.5. The Morgan fingerprint density at radius 1 is 1.16 bits per heavy atom. The molecule has 0 spiro atoms. The molecule has 0 unspecified atom stereocenters. The zero-order chi connectivity index (χ0) is 13.2. The quantitative estimate of drug-likeness (QED) is 0.768. The number of carbonyl (C=O) groups is 1. The van der Waals surface area contributed by atoms with Gasteiger partial charge in [0.05, 0.1) is 10.4 Å². The summed E-state index contributed by atoms with van der Waals surface area (Å²) in [6.45, 7) is 0. The SMILES string of the molecule is NC(=O)c1[nH]c2cccnc2c1Sc1ccccc1. The number of nitrogens with one attached hydrogen (secondary N) is 1. The Balaban J connectivity index is 2.15. The smallest absolute Gasteiger partial charge is 0.266 e. The van der Waals surface area contributed by atoms with Crippen molar-refractivity contribution < 1.29 is 4.79 Å². The number of hydrogen-bond acceptors (Lipinski definition) is 3. The van der Waals surface area contributed by atoms with Gasteiger partial charge >= 0.3 is 0 Å². The van der Waals surface area contributed by atoms with E-state index in [4.69, 9.17) is 5.73 Å². The Labute approximate surface area is 114 Å². The van der Waals surface area contributed by atoms with Crippen molar-refractivity contribution in [1.82, 2.24) is 9.97 Å². The summed E-state index contributed by atoms with van der Waals surface area (Å²) in [6.07, 6.45) is 1.70. The van der Waals surface area contributed by atoms with Crippen molar-refractivity contribution in [2.75, 3.05) is 0 Å². The van der Waals surface area contributed by atoms with Crippen LogP contribution in [0.2, 0.25) is 0 Å². The Morgan fingerprint density at radius 2 is 1.95 bits per heavy atom. The van der Waals surface area contributed by atoms with Gasteiger partial charge in [-0.25, -0.2) is 0 Å². The molecule has 0 aliphatic rings. The zero-order valence-electron chi connectivity index (χ0n) is 9.96. The summed E-state index contributed by atoms with van der Waals surface area (Å²) in [5.41, 5.74) is 7.41. The van der Waals surface area contributed by atoms with E-state index >= 15 is 0 Å². The van der Waals surface area contributed by atoms with Gasteiger partial charge in [-0.15, -0.1) is 0 Å². The first kappa shape index (κ1) is 11.8. The minimum absolute atomic E-state index is 0.405. The van der Waals surface area contributed by atoms with Crippen molar-refractivity contribution in [3.63, 3.8) is 0 Å². The Bertz CT molecular complexity index is 737. The van der Waals surface area contributed by atoms with Crippen LogP contribution in [0.25, 0.3) is 11.0 Å². The number of aromatic amines is 1. The van der Waals surface area contributed by atoms with Crippen LogP contribution in [0.1, 0.15) is 10.5 Å². The molecule has 19 heavy (non-hydrogen) atoms. The molecule has 0 bridgehead atoms. The lowest BCUT2D eigenvalue weighted by atomic mass is 10.3. The monoisotopic (exact) mass is 269 g/mol. The highest BCUT2D eigenvalue weighted by Gasteiger charge is 2.17. The highest BCUT2D eigenvalue weighted by molar-refractivity contribution is 7.99. The van der Waals surface area contributed by atoms with Crippen molar-refractivity contribution in [2.45, 2.75) is 9.79 Å². The lowest BCUT2D eigenvalue weighted by Crippen LogP contribution is -2.12. The van der Waals surface area contributed by atoms with Gasteiger partial charge in [0, 0.05) is 11.1 Å². The van der Waals surface area contributed by atoms with E-state index in [2.05, 4.69) is 9.97 Å². The molecule has 3 N–H and O–H groups in total. The van der Waals surface area contributed by atoms with Crippen LogP contribution in [-0.2, 0) is 0 Å². The van der Waals surface area contributed by atoms with E-state index in [1.165, 1.54) is 11.8 Å². The molecule has 0 fully saturated rings. The maximum atomic E-state index is 11.5. The predicted octanol–water partition coefficient (Wildman–Crippen LogP) is 2.81. The second-order valence-corrected chi connectivity index (χ2v) is 5.09. The van der Waals surface area contributed by atoms with Gasteiger partial charge < -0.3 is 10.7 Å². The number of carbonyl (C=O) groups excluding carboxylic acids is 1. The number of nitrogens with zero attached hydrogens (tertiary/aromatic N) is 1. The van der Waals surface area contributed by atoms with E-state index in [0.29, 0.717) is 5.69 Å². The van der Waals surface area contributed by atoms with Gasteiger partial charge in [0.2, 0.25) is 0 Å². The number of aromatic nitrogens is 2. The van der Waals surface area contributed by atoms with Crippen LogP contribution in [0.5, 0.6) is 0 Å². The summed E-state index contributed by atoms with van der Waals surface area (Å²) >= 11 is 1.48. The van der Waals surface area contributed by atoms with Crippen LogP contribution < -0.4 is 5.73 Å². The fraction of sp³-hybridized carbons (Fsp3) is 0. The highest BCUT2D eigenvalue weighted by atomic mass is 32.2. The van der Waals surface area contributed by atoms with E-state index in [9.17, 15) is 4.79 Å². The zero-order valence-corrected chi connectivity index (χ0v) is 10.8. The lowest BCUT2D eigenvalue weighted by Gasteiger charge is -2.01. The summed E-state index contributed by atoms with van der Waals surface area (Å²) in [4.78, 5) is 20.7. The average Bonchev–Trinajstić information content (AvgIpc) is 2.79. The van der Waals surface area contributed by atoms with Crippen molar-refractivity contribution >= 4 is 28.7 Å². The number of fused-ring (bicyclic) bond motifs is 1. The molecular formula is C14H11N3OS. The molecule has 0 aliphatic heterocycles. The van der Waals surface area contributed by atoms with Gasteiger partial charge in [-0.2, -0.15) is 0 Å². The largest absolute Gasteiger partial charge is 0.364 e. The van der Waals surface area contributed by atoms with Crippen LogP contribution >= 0.6 is 11.8 Å². The molecule has 3 aromatic rings. The molecule has 0 saturated heterocycles. The number of rotatable bonds is 3. The average molecular weight is 269 g/mol. The highest BCUT2D eigenvalue weighted by Crippen LogP contribution is 2.35. The molecule has 0 saturated carbocycles. The number of primary amides is 1. The molecule has 94 valence electrons. The molecular weight excluding hydrogens is 258 g/mol. The third-order valence-corrected chi connectivity index (χ3v) is 3.83. The minimum Gasteiger partial charge on any atom is -0.364 e. The Hall–Kier alpha value is -2.27. The van der Waals surface area contributed by atoms with E-state index in [1.807, 2.05) is 42.5 Å². The van der Waals surface area contributed by atoms with E-state index in [1.54, 1.807) is 6.20 Å². The summed E-state index contributed by atoms with van der Waals surface area (Å²) in [5, 5.41) is 0. The third-order valence-electron chi connectivity index (χ3n) is 2.72. The van der Waals surface area contributed by atoms with Gasteiger partial charge in [-0.05, 0) is 24.3 Å². The fourth-order valence-corrected chi connectivity index (χ4v) is 2.92. The maximum Gasteiger partial charge on any atom is 0.266 e. The first-order valence-corrected chi connectivity index (χ1v) is 6.57. The molecule has 2 heterocycles. The van der Waals surface area contributed by atoms with Crippen LogP contribution in [-0.4, -0.2) is 15.9 Å². The van der Waals surface area contributed by atoms with Crippen LogP contribution in [0.4, 0.5) is 0 Å². The van der Waals surface area contributed by atoms with Gasteiger partial charge in [0.15, 0.2) is 0 Å². The maximum absolute atomic E-state index is 11.5. The molecule has 0 radical (unpaired) electrons. The molecule has 4 nitrogen and oxygen atoms in total. The van der Waals surface area contributed by atoms with Gasteiger partial charge in [-0.3, -0.25) is 9.78 Å². The van der Waals surface area contributed by atoms with Crippen LogP contribution in [0.15, 0.2) is 58.5 Å². The number of nitrogens with two attached hydrogens (primary N) is 1. The van der Waals surface area contributed by atoms with Crippen LogP contribution in [0, 0.1) is 0 Å². The van der Waals surface area contributed by atoms with E-state index < -0.39 is 5.91 Å². The Kier molecular flexibility index (Phi) is 2.97. The predicted molar refractivity (Wildman–Crippen MR) is 75.2 cm³/mol. The van der Waals surface area contributed by atoms with E-state index in [-0.39, 0.29) is 0 Å². The topological polar surface area (TPSA) is 71.8 Å². The second-order valence-electron chi connectivity index (χ2n) is 4.01. The first-order chi connectivity index (χ1) is 9.25. The first-order valence-electron chi connectivity index (χ1n) is 5.75. The number of amides is 1. The number of benzene rings is 1. The summed E-state index contributed by atoms with van der Waals surface area (Å²) in [7, 11) is 0. The molecule has 2 aromatic heterocycles. The fourth-order valence-electron chi connectivity index (χ4n) is 1.88.